The summed E-state index contributed by atoms with van der Waals surface area (Å²) in [6.45, 7) is -0.136. The summed E-state index contributed by atoms with van der Waals surface area (Å²) in [5, 5.41) is 3.98. The fourth-order valence-corrected chi connectivity index (χ4v) is 2.88. The van der Waals surface area contributed by atoms with Crippen LogP contribution >= 0.6 is 0 Å². The molecular formula is C24H24N2O4. The minimum absolute atomic E-state index is 0.136. The van der Waals surface area contributed by atoms with Gasteiger partial charge in [-0.25, -0.2) is 5.43 Å². The van der Waals surface area contributed by atoms with Crippen molar-refractivity contribution >= 4 is 12.1 Å². The third-order valence-electron chi connectivity index (χ3n) is 4.40. The number of hydrazone groups is 1. The predicted molar refractivity (Wildman–Crippen MR) is 116 cm³/mol. The number of para-hydroxylation sites is 1. The van der Waals surface area contributed by atoms with Crippen molar-refractivity contribution in [2.24, 2.45) is 5.10 Å². The lowest BCUT2D eigenvalue weighted by Gasteiger charge is -2.11. The molecule has 0 aliphatic heterocycles. The minimum Gasteiger partial charge on any atom is -0.497 e. The number of hydrogen-bond acceptors (Lipinski definition) is 5. The number of hydrogen-bond donors (Lipinski definition) is 1. The van der Waals surface area contributed by atoms with E-state index in [2.05, 4.69) is 22.7 Å². The van der Waals surface area contributed by atoms with Gasteiger partial charge in [0.15, 0.2) is 6.61 Å². The quantitative estimate of drug-likeness (QED) is 0.435. The van der Waals surface area contributed by atoms with Crippen LogP contribution in [0.15, 0.2) is 77.9 Å². The highest BCUT2D eigenvalue weighted by molar-refractivity contribution is 5.85. The number of ether oxygens (including phenoxy) is 3. The van der Waals surface area contributed by atoms with Gasteiger partial charge in [0.05, 0.1) is 20.4 Å². The number of nitrogens with zero attached hydrogens (tertiary/aromatic N) is 1. The molecule has 0 aromatic heterocycles. The maximum Gasteiger partial charge on any atom is 0.277 e. The van der Waals surface area contributed by atoms with Gasteiger partial charge in [-0.15, -0.1) is 0 Å². The van der Waals surface area contributed by atoms with Crippen LogP contribution in [0.1, 0.15) is 16.7 Å². The first-order valence-electron chi connectivity index (χ1n) is 9.48. The standard InChI is InChI=1S/C24H24N2O4/c1-28-21-13-12-20(23(15-21)29-2)16-25-26-24(27)17-30-22-11-7-6-10-19(22)14-18-8-4-3-5-9-18/h3-13,15-16H,14,17H2,1-2H3,(H,26,27)/b25-16-. The van der Waals surface area contributed by atoms with Crippen molar-refractivity contribution in [3.8, 4) is 17.2 Å². The van der Waals surface area contributed by atoms with Crippen molar-refractivity contribution in [1.29, 1.82) is 0 Å². The smallest absolute Gasteiger partial charge is 0.277 e. The van der Waals surface area contributed by atoms with E-state index in [4.69, 9.17) is 14.2 Å². The van der Waals surface area contributed by atoms with Crippen molar-refractivity contribution in [3.63, 3.8) is 0 Å². The molecule has 1 amide bonds. The molecule has 3 aromatic carbocycles. The normalized spacial score (nSPS) is 10.6. The van der Waals surface area contributed by atoms with Crippen molar-refractivity contribution in [1.82, 2.24) is 5.43 Å². The molecule has 6 heteroatoms. The predicted octanol–water partition coefficient (Wildman–Crippen LogP) is 3.82. The number of nitrogens with one attached hydrogen (secondary N) is 1. The number of rotatable bonds is 9. The largest absolute Gasteiger partial charge is 0.497 e. The number of amides is 1. The Morgan fingerprint density at radius 2 is 1.70 bits per heavy atom. The fourth-order valence-electron chi connectivity index (χ4n) is 2.88. The lowest BCUT2D eigenvalue weighted by atomic mass is 10.0. The Morgan fingerprint density at radius 3 is 2.47 bits per heavy atom. The molecule has 0 aliphatic carbocycles. The Labute approximate surface area is 176 Å². The summed E-state index contributed by atoms with van der Waals surface area (Å²) in [5.41, 5.74) is 5.38. The fraction of sp³-hybridized carbons (Fsp3) is 0.167. The Hall–Kier alpha value is -3.80. The molecule has 0 spiro atoms. The molecule has 30 heavy (non-hydrogen) atoms. The van der Waals surface area contributed by atoms with Gasteiger partial charge in [0.2, 0.25) is 0 Å². The molecule has 0 atom stereocenters. The van der Waals surface area contributed by atoms with Gasteiger partial charge in [-0.1, -0.05) is 48.5 Å². The van der Waals surface area contributed by atoms with E-state index in [0.29, 0.717) is 22.8 Å². The van der Waals surface area contributed by atoms with E-state index in [1.54, 1.807) is 32.4 Å². The van der Waals surface area contributed by atoms with Gasteiger partial charge in [0, 0.05) is 18.1 Å². The molecule has 0 fully saturated rings. The number of benzene rings is 3. The Bertz CT molecular complexity index is 1000. The average molecular weight is 404 g/mol. The molecule has 154 valence electrons. The van der Waals surface area contributed by atoms with Crippen LogP contribution in [0.5, 0.6) is 17.2 Å². The van der Waals surface area contributed by atoms with Gasteiger partial charge in [0.1, 0.15) is 17.2 Å². The summed E-state index contributed by atoms with van der Waals surface area (Å²) in [4.78, 5) is 12.1. The zero-order valence-electron chi connectivity index (χ0n) is 17.0. The van der Waals surface area contributed by atoms with Gasteiger partial charge in [0.25, 0.3) is 5.91 Å². The van der Waals surface area contributed by atoms with E-state index in [-0.39, 0.29) is 12.5 Å². The van der Waals surface area contributed by atoms with Gasteiger partial charge >= 0.3 is 0 Å². The summed E-state index contributed by atoms with van der Waals surface area (Å²) < 4.78 is 16.2. The van der Waals surface area contributed by atoms with Crippen LogP contribution in [0.2, 0.25) is 0 Å². The molecule has 0 bridgehead atoms. The summed E-state index contributed by atoms with van der Waals surface area (Å²) in [6, 6.07) is 23.1. The van der Waals surface area contributed by atoms with Crippen LogP contribution in [0.25, 0.3) is 0 Å². The highest BCUT2D eigenvalue weighted by Crippen LogP contribution is 2.23. The van der Waals surface area contributed by atoms with Crippen LogP contribution in [0.3, 0.4) is 0 Å². The third kappa shape index (κ3) is 5.85. The second kappa shape index (κ2) is 10.7. The average Bonchev–Trinajstić information content (AvgIpc) is 2.79. The van der Waals surface area contributed by atoms with E-state index in [1.165, 1.54) is 11.8 Å². The highest BCUT2D eigenvalue weighted by atomic mass is 16.5. The topological polar surface area (TPSA) is 69.2 Å². The van der Waals surface area contributed by atoms with Crippen molar-refractivity contribution < 1.29 is 19.0 Å². The Kier molecular flexibility index (Phi) is 7.44. The molecule has 3 aromatic rings. The molecule has 0 radical (unpaired) electrons. The Morgan fingerprint density at radius 1 is 0.933 bits per heavy atom. The van der Waals surface area contributed by atoms with Gasteiger partial charge < -0.3 is 14.2 Å². The number of methoxy groups -OCH3 is 2. The SMILES string of the molecule is COc1ccc(/C=N\NC(=O)COc2ccccc2Cc2ccccc2)c(OC)c1. The first-order chi connectivity index (χ1) is 14.7. The zero-order chi connectivity index (χ0) is 21.2. The van der Waals surface area contributed by atoms with Gasteiger partial charge in [-0.3, -0.25) is 4.79 Å². The molecule has 0 unspecified atom stereocenters. The monoisotopic (exact) mass is 404 g/mol. The molecule has 0 saturated carbocycles. The first-order valence-corrected chi connectivity index (χ1v) is 9.48. The van der Waals surface area contributed by atoms with E-state index in [1.807, 2.05) is 42.5 Å². The number of carbonyl (C=O) groups excluding carboxylic acids is 1. The molecule has 0 heterocycles. The summed E-state index contributed by atoms with van der Waals surface area (Å²) in [6.07, 6.45) is 2.24. The maximum absolute atomic E-state index is 12.1. The highest BCUT2D eigenvalue weighted by Gasteiger charge is 2.07. The summed E-state index contributed by atoms with van der Waals surface area (Å²) in [7, 11) is 3.15. The Balaban J connectivity index is 1.56. The maximum atomic E-state index is 12.1. The zero-order valence-corrected chi connectivity index (χ0v) is 17.0. The summed E-state index contributed by atoms with van der Waals surface area (Å²) >= 11 is 0. The van der Waals surface area contributed by atoms with Crippen LogP contribution in [-0.4, -0.2) is 32.9 Å². The first kappa shape index (κ1) is 20.9. The van der Waals surface area contributed by atoms with Crippen LogP contribution in [0.4, 0.5) is 0 Å². The van der Waals surface area contributed by atoms with Gasteiger partial charge in [-0.2, -0.15) is 5.10 Å². The van der Waals surface area contributed by atoms with Gasteiger partial charge in [-0.05, 0) is 29.3 Å². The molecule has 3 rings (SSSR count). The van der Waals surface area contributed by atoms with E-state index >= 15 is 0 Å². The van der Waals surface area contributed by atoms with E-state index < -0.39 is 0 Å². The number of carbonyl (C=O) groups is 1. The second-order valence-electron chi connectivity index (χ2n) is 6.46. The lowest BCUT2D eigenvalue weighted by molar-refractivity contribution is -0.123. The van der Waals surface area contributed by atoms with E-state index in [0.717, 1.165) is 12.0 Å². The van der Waals surface area contributed by atoms with Crippen LogP contribution in [-0.2, 0) is 11.2 Å². The molecular weight excluding hydrogens is 380 g/mol. The van der Waals surface area contributed by atoms with Crippen molar-refractivity contribution in [2.75, 3.05) is 20.8 Å². The molecule has 0 saturated heterocycles. The minimum atomic E-state index is -0.353. The molecule has 1 N–H and O–H groups in total. The second-order valence-corrected chi connectivity index (χ2v) is 6.46. The van der Waals surface area contributed by atoms with Crippen molar-refractivity contribution in [2.45, 2.75) is 6.42 Å². The summed E-state index contributed by atoms with van der Waals surface area (Å²) in [5.74, 6) is 1.60. The van der Waals surface area contributed by atoms with E-state index in [9.17, 15) is 4.79 Å². The molecule has 0 aliphatic rings. The third-order valence-corrected chi connectivity index (χ3v) is 4.40. The molecule has 6 nitrogen and oxygen atoms in total. The van der Waals surface area contributed by atoms with Crippen LogP contribution < -0.4 is 19.6 Å². The lowest BCUT2D eigenvalue weighted by Crippen LogP contribution is -2.24. The van der Waals surface area contributed by atoms with Crippen molar-refractivity contribution in [3.05, 3.63) is 89.5 Å². The van der Waals surface area contributed by atoms with Crippen LogP contribution in [0, 0.1) is 0 Å².